The summed E-state index contributed by atoms with van der Waals surface area (Å²) in [6, 6.07) is 8.34. The summed E-state index contributed by atoms with van der Waals surface area (Å²) >= 11 is 0. The highest BCUT2D eigenvalue weighted by Crippen LogP contribution is 2.37. The third kappa shape index (κ3) is 3.26. The van der Waals surface area contributed by atoms with Gasteiger partial charge in [0, 0.05) is 18.6 Å². The number of para-hydroxylation sites is 2. The highest BCUT2D eigenvalue weighted by atomic mass is 16.5. The number of nitrogens with two attached hydrogens (primary N) is 1. The van der Waals surface area contributed by atoms with Crippen LogP contribution in [0.1, 0.15) is 40.0 Å². The lowest BCUT2D eigenvalue weighted by Gasteiger charge is -2.42. The molecule has 1 atom stereocenters. The summed E-state index contributed by atoms with van der Waals surface area (Å²) in [5.41, 5.74) is 7.35. The molecular weight excluding hydrogens is 248 g/mol. The lowest BCUT2D eigenvalue weighted by Crippen LogP contribution is -2.52. The van der Waals surface area contributed by atoms with Crippen LogP contribution in [0.5, 0.6) is 5.75 Å². The predicted molar refractivity (Wildman–Crippen MR) is 85.4 cm³/mol. The van der Waals surface area contributed by atoms with E-state index in [-0.39, 0.29) is 5.54 Å². The number of hydrogen-bond donors (Lipinski definition) is 1. The smallest absolute Gasteiger partial charge is 0.142 e. The van der Waals surface area contributed by atoms with Crippen molar-refractivity contribution in [3.8, 4) is 5.75 Å². The molecule has 1 aromatic carbocycles. The topological polar surface area (TPSA) is 38.5 Å². The molecule has 0 aliphatic carbocycles. The molecule has 1 aromatic rings. The predicted octanol–water partition coefficient (Wildman–Crippen LogP) is 3.43. The molecule has 1 aliphatic heterocycles. The zero-order valence-electron chi connectivity index (χ0n) is 13.1. The minimum atomic E-state index is 0.00801. The van der Waals surface area contributed by atoms with Crippen LogP contribution in [0, 0.1) is 5.92 Å². The van der Waals surface area contributed by atoms with Crippen LogP contribution in [0.25, 0.3) is 0 Å². The van der Waals surface area contributed by atoms with E-state index in [2.05, 4.69) is 43.9 Å². The Balaban J connectivity index is 2.28. The van der Waals surface area contributed by atoms with E-state index in [4.69, 9.17) is 10.5 Å². The first kappa shape index (κ1) is 15.2. The lowest BCUT2D eigenvalue weighted by molar-refractivity contribution is 0.319. The third-order valence-electron chi connectivity index (χ3n) is 4.29. The summed E-state index contributed by atoms with van der Waals surface area (Å²) < 4.78 is 5.86. The van der Waals surface area contributed by atoms with E-state index >= 15 is 0 Å². The Morgan fingerprint density at radius 1 is 1.35 bits per heavy atom. The van der Waals surface area contributed by atoms with Crippen molar-refractivity contribution in [3.05, 3.63) is 24.3 Å². The van der Waals surface area contributed by atoms with E-state index in [1.165, 1.54) is 12.1 Å². The van der Waals surface area contributed by atoms with Gasteiger partial charge in [-0.05, 0) is 44.2 Å². The van der Waals surface area contributed by atoms with Crippen molar-refractivity contribution in [2.75, 3.05) is 24.6 Å². The molecule has 20 heavy (non-hydrogen) atoms. The van der Waals surface area contributed by atoms with E-state index in [1.807, 2.05) is 6.07 Å². The van der Waals surface area contributed by atoms with Gasteiger partial charge in [0.15, 0.2) is 0 Å². The second kappa shape index (κ2) is 6.49. The van der Waals surface area contributed by atoms with E-state index in [0.29, 0.717) is 12.5 Å². The van der Waals surface area contributed by atoms with Crippen LogP contribution in [0.3, 0.4) is 0 Å². The molecule has 1 unspecified atom stereocenters. The molecule has 1 aliphatic rings. The van der Waals surface area contributed by atoms with Gasteiger partial charge < -0.3 is 15.4 Å². The van der Waals surface area contributed by atoms with Gasteiger partial charge in [0.2, 0.25) is 0 Å². The van der Waals surface area contributed by atoms with Crippen LogP contribution < -0.4 is 15.4 Å². The first-order chi connectivity index (χ1) is 9.57. The molecule has 1 heterocycles. The van der Waals surface area contributed by atoms with Crippen molar-refractivity contribution in [2.45, 2.75) is 45.6 Å². The Hall–Kier alpha value is -1.22. The fourth-order valence-electron chi connectivity index (χ4n) is 2.83. The Labute approximate surface area is 123 Å². The molecule has 0 saturated heterocycles. The number of anilines is 1. The Kier molecular flexibility index (Phi) is 4.92. The van der Waals surface area contributed by atoms with Gasteiger partial charge in [-0.1, -0.05) is 26.0 Å². The summed E-state index contributed by atoms with van der Waals surface area (Å²) in [4.78, 5) is 2.47. The van der Waals surface area contributed by atoms with Crippen LogP contribution in [0.2, 0.25) is 0 Å². The molecule has 0 amide bonds. The average molecular weight is 276 g/mol. The molecule has 112 valence electrons. The maximum Gasteiger partial charge on any atom is 0.142 e. The summed E-state index contributed by atoms with van der Waals surface area (Å²) in [6.45, 7) is 9.32. The zero-order chi connectivity index (χ0) is 14.6. The first-order valence-electron chi connectivity index (χ1n) is 7.76. The summed E-state index contributed by atoms with van der Waals surface area (Å²) in [7, 11) is 0. The lowest BCUT2D eigenvalue weighted by atomic mass is 9.89. The van der Waals surface area contributed by atoms with Gasteiger partial charge in [-0.3, -0.25) is 0 Å². The molecule has 0 fully saturated rings. The van der Waals surface area contributed by atoms with Gasteiger partial charge >= 0.3 is 0 Å². The van der Waals surface area contributed by atoms with Gasteiger partial charge in [0.05, 0.1) is 12.3 Å². The fourth-order valence-corrected chi connectivity index (χ4v) is 2.83. The molecule has 0 saturated carbocycles. The highest BCUT2D eigenvalue weighted by molar-refractivity contribution is 5.60. The average Bonchev–Trinajstić information content (AvgIpc) is 2.67. The molecule has 0 radical (unpaired) electrons. The largest absolute Gasteiger partial charge is 0.491 e. The van der Waals surface area contributed by atoms with Gasteiger partial charge in [-0.2, -0.15) is 0 Å². The van der Waals surface area contributed by atoms with Gasteiger partial charge in [0.1, 0.15) is 5.75 Å². The van der Waals surface area contributed by atoms with Crippen molar-refractivity contribution in [2.24, 2.45) is 11.7 Å². The number of rotatable bonds is 5. The Bertz CT molecular complexity index is 433. The quantitative estimate of drug-likeness (QED) is 0.895. The Morgan fingerprint density at radius 3 is 2.80 bits per heavy atom. The summed E-state index contributed by atoms with van der Waals surface area (Å²) in [5, 5.41) is 0. The molecule has 3 nitrogen and oxygen atoms in total. The van der Waals surface area contributed by atoms with E-state index in [0.717, 1.165) is 31.7 Å². The number of nitrogens with zero attached hydrogens (tertiary/aromatic N) is 1. The number of hydrogen-bond acceptors (Lipinski definition) is 3. The minimum Gasteiger partial charge on any atom is -0.491 e. The Morgan fingerprint density at radius 2 is 2.10 bits per heavy atom. The zero-order valence-corrected chi connectivity index (χ0v) is 13.1. The van der Waals surface area contributed by atoms with Crippen molar-refractivity contribution in [1.29, 1.82) is 0 Å². The normalized spacial score (nSPS) is 18.1. The van der Waals surface area contributed by atoms with E-state index in [1.54, 1.807) is 0 Å². The third-order valence-corrected chi connectivity index (χ3v) is 4.29. The van der Waals surface area contributed by atoms with Gasteiger partial charge in [-0.25, -0.2) is 0 Å². The second-order valence-electron chi connectivity index (χ2n) is 6.45. The van der Waals surface area contributed by atoms with Crippen molar-refractivity contribution >= 4 is 5.69 Å². The molecule has 2 rings (SSSR count). The van der Waals surface area contributed by atoms with Gasteiger partial charge in [0.25, 0.3) is 0 Å². The fraction of sp³-hybridized carbons (Fsp3) is 0.647. The van der Waals surface area contributed by atoms with Gasteiger partial charge in [-0.15, -0.1) is 0 Å². The first-order valence-corrected chi connectivity index (χ1v) is 7.76. The summed E-state index contributed by atoms with van der Waals surface area (Å²) in [6.07, 6.45) is 3.37. The maximum absolute atomic E-state index is 6.15. The number of benzene rings is 1. The molecular formula is C17H28N2O. The number of ether oxygens (including phenoxy) is 1. The van der Waals surface area contributed by atoms with Crippen molar-refractivity contribution in [3.63, 3.8) is 0 Å². The van der Waals surface area contributed by atoms with Crippen LogP contribution in [0.15, 0.2) is 24.3 Å². The van der Waals surface area contributed by atoms with Crippen LogP contribution >= 0.6 is 0 Å². The number of fused-ring (bicyclic) bond motifs is 1. The van der Waals surface area contributed by atoms with Crippen LogP contribution in [-0.2, 0) is 0 Å². The van der Waals surface area contributed by atoms with Crippen molar-refractivity contribution in [1.82, 2.24) is 0 Å². The SMILES string of the molecule is CC(C)CCC(C)(CN)N1CCCOc2ccccc21. The minimum absolute atomic E-state index is 0.00801. The van der Waals surface area contributed by atoms with Crippen LogP contribution in [0.4, 0.5) is 5.69 Å². The molecule has 0 aromatic heterocycles. The van der Waals surface area contributed by atoms with Crippen LogP contribution in [-0.4, -0.2) is 25.2 Å². The van der Waals surface area contributed by atoms with Crippen molar-refractivity contribution < 1.29 is 4.74 Å². The maximum atomic E-state index is 6.15. The second-order valence-corrected chi connectivity index (χ2v) is 6.45. The van der Waals surface area contributed by atoms with E-state index in [9.17, 15) is 0 Å². The van der Waals surface area contributed by atoms with E-state index < -0.39 is 0 Å². The molecule has 3 heteroatoms. The monoisotopic (exact) mass is 276 g/mol. The summed E-state index contributed by atoms with van der Waals surface area (Å²) in [5.74, 6) is 1.70. The molecule has 0 spiro atoms. The standard InChI is InChI=1S/C17H28N2O/c1-14(2)9-10-17(3,13-18)19-11-6-12-20-16-8-5-4-7-15(16)19/h4-5,7-8,14H,6,9-13,18H2,1-3H3. The molecule has 0 bridgehead atoms. The molecule has 2 N–H and O–H groups in total. The highest BCUT2D eigenvalue weighted by Gasteiger charge is 2.33.